The van der Waals surface area contributed by atoms with E-state index in [0.29, 0.717) is 10.8 Å². The second kappa shape index (κ2) is 7.65. The minimum Gasteiger partial charge on any atom is -0.482 e. The van der Waals surface area contributed by atoms with Gasteiger partial charge < -0.3 is 14.8 Å². The van der Waals surface area contributed by atoms with Gasteiger partial charge in [0.05, 0.1) is 0 Å². The van der Waals surface area contributed by atoms with Gasteiger partial charge in [0, 0.05) is 11.1 Å². The van der Waals surface area contributed by atoms with E-state index < -0.39 is 24.5 Å². The fraction of sp³-hybridized carbons (Fsp3) is 0.357. The number of hydrogen-bond acceptors (Lipinski definition) is 5. The van der Waals surface area contributed by atoms with Crippen molar-refractivity contribution in [1.29, 1.82) is 0 Å². The Labute approximate surface area is 131 Å². The first-order chi connectivity index (χ1) is 10.5. The lowest BCUT2D eigenvalue weighted by molar-refractivity contribution is -0.150. The minimum absolute atomic E-state index is 0.142. The molecule has 1 aromatic rings. The predicted molar refractivity (Wildman–Crippen MR) is 77.6 cm³/mol. The van der Waals surface area contributed by atoms with Gasteiger partial charge in [-0.3, -0.25) is 10.1 Å². The van der Waals surface area contributed by atoms with E-state index in [4.69, 9.17) is 16.3 Å². The third kappa shape index (κ3) is 6.01. The first kappa shape index (κ1) is 16.1. The molecule has 2 rings (SSSR count). The summed E-state index contributed by atoms with van der Waals surface area (Å²) in [5.74, 6) is -0.958. The van der Waals surface area contributed by atoms with Gasteiger partial charge in [0.15, 0.2) is 13.2 Å². The molecule has 7 nitrogen and oxygen atoms in total. The molecule has 0 unspecified atom stereocenters. The lowest BCUT2D eigenvalue weighted by atomic mass is 10.3. The highest BCUT2D eigenvalue weighted by Crippen LogP contribution is 2.18. The van der Waals surface area contributed by atoms with E-state index in [-0.39, 0.29) is 12.6 Å². The van der Waals surface area contributed by atoms with Gasteiger partial charge in [0.1, 0.15) is 5.75 Å². The fourth-order valence-corrected chi connectivity index (χ4v) is 1.60. The van der Waals surface area contributed by atoms with E-state index in [1.807, 2.05) is 0 Å². The van der Waals surface area contributed by atoms with E-state index in [0.717, 1.165) is 12.8 Å². The smallest absolute Gasteiger partial charge is 0.344 e. The van der Waals surface area contributed by atoms with Crippen LogP contribution in [0.2, 0.25) is 5.02 Å². The van der Waals surface area contributed by atoms with Crippen LogP contribution in [0.1, 0.15) is 12.8 Å². The predicted octanol–water partition coefficient (Wildman–Crippen LogP) is 1.25. The summed E-state index contributed by atoms with van der Waals surface area (Å²) in [6, 6.07) is 6.00. The number of urea groups is 1. The summed E-state index contributed by atoms with van der Waals surface area (Å²) >= 11 is 5.71. The lowest BCUT2D eigenvalue weighted by Crippen LogP contribution is -2.42. The largest absolute Gasteiger partial charge is 0.482 e. The van der Waals surface area contributed by atoms with Crippen LogP contribution >= 0.6 is 11.6 Å². The molecule has 0 bridgehead atoms. The van der Waals surface area contributed by atoms with E-state index in [1.54, 1.807) is 24.3 Å². The Morgan fingerprint density at radius 2 is 1.82 bits per heavy atom. The fourth-order valence-electron chi connectivity index (χ4n) is 1.47. The van der Waals surface area contributed by atoms with Gasteiger partial charge in [-0.1, -0.05) is 11.6 Å². The number of hydrogen-bond donors (Lipinski definition) is 2. The summed E-state index contributed by atoms with van der Waals surface area (Å²) < 4.78 is 9.84. The van der Waals surface area contributed by atoms with Crippen LogP contribution in [0.3, 0.4) is 0 Å². The van der Waals surface area contributed by atoms with Crippen molar-refractivity contribution in [2.24, 2.45) is 0 Å². The monoisotopic (exact) mass is 326 g/mol. The van der Waals surface area contributed by atoms with E-state index in [2.05, 4.69) is 15.4 Å². The molecule has 1 aliphatic carbocycles. The van der Waals surface area contributed by atoms with Gasteiger partial charge in [-0.15, -0.1) is 0 Å². The summed E-state index contributed by atoms with van der Waals surface area (Å²) in [5.41, 5.74) is 0. The number of amides is 3. The maximum absolute atomic E-state index is 11.4. The Morgan fingerprint density at radius 1 is 1.14 bits per heavy atom. The minimum atomic E-state index is -0.715. The molecule has 118 valence electrons. The van der Waals surface area contributed by atoms with Gasteiger partial charge in [0.25, 0.3) is 5.91 Å². The number of carbonyl (C=O) groups is 3. The van der Waals surface area contributed by atoms with Crippen molar-refractivity contribution in [1.82, 2.24) is 10.6 Å². The van der Waals surface area contributed by atoms with Crippen molar-refractivity contribution >= 4 is 29.5 Å². The Morgan fingerprint density at radius 3 is 2.45 bits per heavy atom. The van der Waals surface area contributed by atoms with Crippen molar-refractivity contribution in [2.45, 2.75) is 18.9 Å². The summed E-state index contributed by atoms with van der Waals surface area (Å²) in [6.45, 7) is -0.885. The Balaban J connectivity index is 1.61. The number of ether oxygens (including phenoxy) is 2. The van der Waals surface area contributed by atoms with Crippen molar-refractivity contribution in [3.05, 3.63) is 29.3 Å². The van der Waals surface area contributed by atoms with Crippen LogP contribution in [-0.4, -0.2) is 37.2 Å². The molecule has 8 heteroatoms. The van der Waals surface area contributed by atoms with Crippen molar-refractivity contribution in [3.63, 3.8) is 0 Å². The van der Waals surface area contributed by atoms with Crippen LogP contribution in [0.25, 0.3) is 0 Å². The van der Waals surface area contributed by atoms with Crippen LogP contribution in [0.5, 0.6) is 5.75 Å². The highest BCUT2D eigenvalue weighted by atomic mass is 35.5. The SMILES string of the molecule is O=C(COC(=O)COc1ccc(Cl)cc1)NC(=O)NC1CC1. The zero-order chi connectivity index (χ0) is 15.9. The molecule has 1 aromatic carbocycles. The Kier molecular flexibility index (Phi) is 5.60. The van der Waals surface area contributed by atoms with Gasteiger partial charge in [-0.2, -0.15) is 0 Å². The first-order valence-corrected chi connectivity index (χ1v) is 7.05. The average Bonchev–Trinajstić information content (AvgIpc) is 3.28. The van der Waals surface area contributed by atoms with Crippen LogP contribution in [0.4, 0.5) is 4.79 Å². The number of halogens is 1. The van der Waals surface area contributed by atoms with Gasteiger partial charge >= 0.3 is 12.0 Å². The highest BCUT2D eigenvalue weighted by molar-refractivity contribution is 6.30. The maximum atomic E-state index is 11.4. The van der Waals surface area contributed by atoms with Crippen molar-refractivity contribution in [3.8, 4) is 5.75 Å². The van der Waals surface area contributed by atoms with E-state index >= 15 is 0 Å². The zero-order valence-electron chi connectivity index (χ0n) is 11.6. The molecule has 1 saturated carbocycles. The number of carbonyl (C=O) groups excluding carboxylic acids is 3. The zero-order valence-corrected chi connectivity index (χ0v) is 12.4. The molecule has 0 atom stereocenters. The van der Waals surface area contributed by atoms with Gasteiger partial charge in [-0.25, -0.2) is 9.59 Å². The second-order valence-corrected chi connectivity index (χ2v) is 5.14. The summed E-state index contributed by atoms with van der Waals surface area (Å²) in [7, 11) is 0. The van der Waals surface area contributed by atoms with Gasteiger partial charge in [0.2, 0.25) is 0 Å². The molecule has 3 amide bonds. The molecule has 0 radical (unpaired) electrons. The van der Waals surface area contributed by atoms with Crippen LogP contribution in [-0.2, 0) is 14.3 Å². The number of imide groups is 1. The van der Waals surface area contributed by atoms with E-state index in [9.17, 15) is 14.4 Å². The molecule has 0 spiro atoms. The standard InChI is InChI=1S/C14H15ClN2O5/c15-9-1-5-11(6-2-9)21-8-13(19)22-7-12(18)17-14(20)16-10-3-4-10/h1-2,5-6,10H,3-4,7-8H2,(H2,16,17,18,20). The number of esters is 1. The molecule has 0 aliphatic heterocycles. The number of rotatable bonds is 6. The maximum Gasteiger partial charge on any atom is 0.344 e. The summed E-state index contributed by atoms with van der Waals surface area (Å²) in [5, 5.41) is 5.19. The lowest BCUT2D eigenvalue weighted by Gasteiger charge is -2.08. The Bertz CT molecular complexity index is 557. The normalized spacial score (nSPS) is 13.1. The topological polar surface area (TPSA) is 93.7 Å². The third-order valence-electron chi connectivity index (χ3n) is 2.70. The molecular weight excluding hydrogens is 312 g/mol. The van der Waals surface area contributed by atoms with Crippen molar-refractivity contribution < 1.29 is 23.9 Å². The molecule has 0 heterocycles. The number of nitrogens with one attached hydrogen (secondary N) is 2. The molecule has 0 saturated heterocycles. The second-order valence-electron chi connectivity index (χ2n) is 4.70. The summed E-state index contributed by atoms with van der Waals surface area (Å²) in [6.07, 6.45) is 1.83. The molecule has 22 heavy (non-hydrogen) atoms. The van der Waals surface area contributed by atoms with Crippen molar-refractivity contribution in [2.75, 3.05) is 13.2 Å². The van der Waals surface area contributed by atoms with E-state index in [1.165, 1.54) is 0 Å². The Hall–Kier alpha value is -2.28. The van der Waals surface area contributed by atoms with Crippen LogP contribution in [0.15, 0.2) is 24.3 Å². The highest BCUT2D eigenvalue weighted by Gasteiger charge is 2.24. The van der Waals surface area contributed by atoms with Crippen LogP contribution in [0, 0.1) is 0 Å². The third-order valence-corrected chi connectivity index (χ3v) is 2.95. The summed E-state index contributed by atoms with van der Waals surface area (Å²) in [4.78, 5) is 34.0. The molecular formula is C14H15ClN2O5. The first-order valence-electron chi connectivity index (χ1n) is 6.67. The molecule has 0 aromatic heterocycles. The quantitative estimate of drug-likeness (QED) is 0.767. The average molecular weight is 327 g/mol. The molecule has 1 aliphatic rings. The molecule has 1 fully saturated rings. The number of benzene rings is 1. The molecule has 2 N–H and O–H groups in total. The van der Waals surface area contributed by atoms with Gasteiger partial charge in [-0.05, 0) is 37.1 Å². The van der Waals surface area contributed by atoms with Crippen LogP contribution < -0.4 is 15.4 Å².